The normalized spacial score (nSPS) is 18.5. The number of hydrogen-bond acceptors (Lipinski definition) is 1. The lowest BCUT2D eigenvalue weighted by molar-refractivity contribution is -0.124. The van der Waals surface area contributed by atoms with Gasteiger partial charge in [-0.3, -0.25) is 4.79 Å². The Balaban J connectivity index is 2.04. The van der Waals surface area contributed by atoms with Crippen LogP contribution in [0.4, 0.5) is 0 Å². The Bertz CT molecular complexity index is 386. The zero-order chi connectivity index (χ0) is 12.3. The van der Waals surface area contributed by atoms with Crippen molar-refractivity contribution in [2.45, 2.75) is 37.6 Å². The molecule has 1 aromatic rings. The second kappa shape index (κ2) is 5.09. The van der Waals surface area contributed by atoms with E-state index in [4.69, 9.17) is 11.6 Å². The minimum absolute atomic E-state index is 0.154. The third kappa shape index (κ3) is 2.63. The fraction of sp³-hybridized carbons (Fsp3) is 0.500. The lowest BCUT2D eigenvalue weighted by atomic mass is 9.94. The summed E-state index contributed by atoms with van der Waals surface area (Å²) in [6, 6.07) is 10.2. The van der Waals surface area contributed by atoms with Crippen LogP contribution in [-0.2, 0) is 10.2 Å². The molecule has 0 bridgehead atoms. The summed E-state index contributed by atoms with van der Waals surface area (Å²) in [5, 5.41) is 3.06. The second-order valence-corrected chi connectivity index (χ2v) is 5.18. The summed E-state index contributed by atoms with van der Waals surface area (Å²) >= 11 is 5.68. The number of benzene rings is 1. The first-order valence-corrected chi connectivity index (χ1v) is 6.65. The van der Waals surface area contributed by atoms with Gasteiger partial charge in [-0.2, -0.15) is 0 Å². The van der Waals surface area contributed by atoms with E-state index in [1.807, 2.05) is 37.3 Å². The predicted molar refractivity (Wildman–Crippen MR) is 70.3 cm³/mol. The predicted octanol–water partition coefficient (Wildman–Crippen LogP) is 2.85. The minimum Gasteiger partial charge on any atom is -0.353 e. The van der Waals surface area contributed by atoms with Gasteiger partial charge in [-0.25, -0.2) is 0 Å². The Morgan fingerprint density at radius 3 is 2.59 bits per heavy atom. The van der Waals surface area contributed by atoms with Gasteiger partial charge in [0.15, 0.2) is 0 Å². The van der Waals surface area contributed by atoms with E-state index in [0.717, 1.165) is 24.8 Å². The molecule has 1 amide bonds. The second-order valence-electron chi connectivity index (χ2n) is 4.80. The van der Waals surface area contributed by atoms with E-state index < -0.39 is 0 Å². The quantitative estimate of drug-likeness (QED) is 0.801. The molecule has 0 radical (unpaired) electrons. The van der Waals surface area contributed by atoms with Gasteiger partial charge in [0, 0.05) is 11.9 Å². The number of nitrogens with one attached hydrogen (secondary N) is 1. The van der Waals surface area contributed by atoms with Crippen LogP contribution >= 0.6 is 11.6 Å². The summed E-state index contributed by atoms with van der Waals surface area (Å²) in [5.74, 6) is 0.737. The van der Waals surface area contributed by atoms with E-state index in [-0.39, 0.29) is 17.4 Å². The maximum atomic E-state index is 12.3. The van der Waals surface area contributed by atoms with Gasteiger partial charge in [0.05, 0.1) is 5.41 Å². The topological polar surface area (TPSA) is 29.1 Å². The summed E-state index contributed by atoms with van der Waals surface area (Å²) in [4.78, 5) is 12.3. The van der Waals surface area contributed by atoms with Gasteiger partial charge < -0.3 is 5.32 Å². The van der Waals surface area contributed by atoms with Gasteiger partial charge in [0.25, 0.3) is 0 Å². The molecule has 1 fully saturated rings. The first-order valence-electron chi connectivity index (χ1n) is 6.11. The summed E-state index contributed by atoms with van der Waals surface area (Å²) in [7, 11) is 0. The van der Waals surface area contributed by atoms with Crippen LogP contribution in [0, 0.1) is 0 Å². The summed E-state index contributed by atoms with van der Waals surface area (Å²) in [5.41, 5.74) is 0.873. The molecule has 1 saturated carbocycles. The molecule has 92 valence electrons. The molecule has 2 rings (SSSR count). The molecule has 0 saturated heterocycles. The van der Waals surface area contributed by atoms with Gasteiger partial charge in [-0.15, -0.1) is 11.6 Å². The maximum Gasteiger partial charge on any atom is 0.230 e. The Labute approximate surface area is 107 Å². The first-order chi connectivity index (χ1) is 8.19. The van der Waals surface area contributed by atoms with Crippen molar-refractivity contribution >= 4 is 17.5 Å². The number of rotatable bonds is 5. The Hall–Kier alpha value is -1.02. The van der Waals surface area contributed by atoms with Crippen LogP contribution in [0.25, 0.3) is 0 Å². The zero-order valence-corrected chi connectivity index (χ0v) is 10.8. The van der Waals surface area contributed by atoms with Gasteiger partial charge in [0.2, 0.25) is 5.91 Å². The van der Waals surface area contributed by atoms with E-state index in [0.29, 0.717) is 5.88 Å². The molecule has 0 spiro atoms. The van der Waals surface area contributed by atoms with Crippen molar-refractivity contribution in [1.29, 1.82) is 0 Å². The number of amides is 1. The van der Waals surface area contributed by atoms with Crippen molar-refractivity contribution in [1.82, 2.24) is 5.32 Å². The van der Waals surface area contributed by atoms with Crippen molar-refractivity contribution < 1.29 is 4.79 Å². The van der Waals surface area contributed by atoms with Crippen LogP contribution in [0.3, 0.4) is 0 Å². The fourth-order valence-corrected chi connectivity index (χ4v) is 2.45. The highest BCUT2D eigenvalue weighted by Gasteiger charge is 2.51. The number of hydrogen-bond donors (Lipinski definition) is 1. The number of carbonyl (C=O) groups excluding carboxylic acids is 1. The molecular formula is C14H18ClNO. The van der Waals surface area contributed by atoms with Gasteiger partial charge in [-0.1, -0.05) is 30.3 Å². The SMILES string of the molecule is CC(CCCl)NC(=O)C1(c2ccccc2)CC1. The largest absolute Gasteiger partial charge is 0.353 e. The molecule has 0 aliphatic heterocycles. The van der Waals surface area contributed by atoms with Crippen molar-refractivity contribution in [3.8, 4) is 0 Å². The van der Waals surface area contributed by atoms with Crippen molar-refractivity contribution in [3.05, 3.63) is 35.9 Å². The van der Waals surface area contributed by atoms with Crippen LogP contribution < -0.4 is 5.32 Å². The molecule has 1 aromatic carbocycles. The highest BCUT2D eigenvalue weighted by Crippen LogP contribution is 2.48. The summed E-state index contributed by atoms with van der Waals surface area (Å²) in [6.45, 7) is 2.00. The highest BCUT2D eigenvalue weighted by atomic mass is 35.5. The van der Waals surface area contributed by atoms with Crippen molar-refractivity contribution in [2.75, 3.05) is 5.88 Å². The molecule has 1 unspecified atom stereocenters. The van der Waals surface area contributed by atoms with Crippen LogP contribution in [-0.4, -0.2) is 17.8 Å². The molecular weight excluding hydrogens is 234 g/mol. The van der Waals surface area contributed by atoms with E-state index in [9.17, 15) is 4.79 Å². The Morgan fingerprint density at radius 2 is 2.06 bits per heavy atom. The molecule has 0 heterocycles. The van der Waals surface area contributed by atoms with Crippen molar-refractivity contribution in [3.63, 3.8) is 0 Å². The van der Waals surface area contributed by atoms with E-state index in [1.165, 1.54) is 0 Å². The van der Waals surface area contributed by atoms with E-state index in [1.54, 1.807) is 0 Å². The van der Waals surface area contributed by atoms with E-state index >= 15 is 0 Å². The molecule has 1 aliphatic carbocycles. The highest BCUT2D eigenvalue weighted by molar-refractivity contribution is 6.17. The molecule has 17 heavy (non-hydrogen) atoms. The zero-order valence-electron chi connectivity index (χ0n) is 10.1. The van der Waals surface area contributed by atoms with Crippen LogP contribution in [0.5, 0.6) is 0 Å². The van der Waals surface area contributed by atoms with E-state index in [2.05, 4.69) is 5.32 Å². The van der Waals surface area contributed by atoms with Gasteiger partial charge in [0.1, 0.15) is 0 Å². The molecule has 3 heteroatoms. The average Bonchev–Trinajstić information content (AvgIpc) is 3.11. The van der Waals surface area contributed by atoms with Crippen LogP contribution in [0.15, 0.2) is 30.3 Å². The van der Waals surface area contributed by atoms with Gasteiger partial charge in [-0.05, 0) is 31.7 Å². The average molecular weight is 252 g/mol. The van der Waals surface area contributed by atoms with Crippen LogP contribution in [0.1, 0.15) is 31.7 Å². The number of alkyl halides is 1. The smallest absolute Gasteiger partial charge is 0.230 e. The molecule has 1 aliphatic rings. The summed E-state index contributed by atoms with van der Waals surface area (Å²) in [6.07, 6.45) is 2.73. The number of carbonyl (C=O) groups is 1. The third-order valence-corrected chi connectivity index (χ3v) is 3.65. The lowest BCUT2D eigenvalue weighted by Gasteiger charge is -2.19. The number of halogens is 1. The third-order valence-electron chi connectivity index (χ3n) is 3.43. The van der Waals surface area contributed by atoms with Gasteiger partial charge >= 0.3 is 0 Å². The lowest BCUT2D eigenvalue weighted by Crippen LogP contribution is -2.40. The molecule has 2 nitrogen and oxygen atoms in total. The molecule has 1 N–H and O–H groups in total. The molecule has 0 aromatic heterocycles. The minimum atomic E-state index is -0.262. The molecule has 1 atom stereocenters. The van der Waals surface area contributed by atoms with Crippen LogP contribution in [0.2, 0.25) is 0 Å². The monoisotopic (exact) mass is 251 g/mol. The fourth-order valence-electron chi connectivity index (χ4n) is 2.13. The summed E-state index contributed by atoms with van der Waals surface area (Å²) < 4.78 is 0. The maximum absolute atomic E-state index is 12.3. The first kappa shape index (κ1) is 12.4. The standard InChI is InChI=1S/C14H18ClNO/c1-11(7-10-15)16-13(17)14(8-9-14)12-5-3-2-4-6-12/h2-6,11H,7-10H2,1H3,(H,16,17). The van der Waals surface area contributed by atoms with Crippen molar-refractivity contribution in [2.24, 2.45) is 0 Å². The Morgan fingerprint density at radius 1 is 1.41 bits per heavy atom. The Kier molecular flexibility index (Phi) is 3.72.